The second kappa shape index (κ2) is 14.6. The molecule has 4 aromatic rings. The normalized spacial score (nSPS) is 11.8. The Hall–Kier alpha value is -3.40. The number of ketones is 1. The van der Waals surface area contributed by atoms with Crippen molar-refractivity contribution in [3.05, 3.63) is 106 Å². The molecule has 44 heavy (non-hydrogen) atoms. The fourth-order valence-electron chi connectivity index (χ4n) is 4.62. The number of hydrogen-bond acceptors (Lipinski definition) is 4. The quantitative estimate of drug-likeness (QED) is 0.128. The molecule has 0 atom stereocenters. The van der Waals surface area contributed by atoms with Crippen molar-refractivity contribution in [3.63, 3.8) is 0 Å². The number of aromatic nitrogens is 2. The van der Waals surface area contributed by atoms with Gasteiger partial charge in [0.25, 0.3) is 0 Å². The van der Waals surface area contributed by atoms with Crippen molar-refractivity contribution in [2.24, 2.45) is 10.8 Å². The minimum Gasteiger partial charge on any atom is -0.512 e. The van der Waals surface area contributed by atoms with Crippen LogP contribution in [0.4, 0.5) is 0 Å². The SMILES string of the molecule is CC(C)(C)C(=O)C=C(O)C(C)(C)C.Cc1[c-]c(-c2ncc(-c3cc(C)ccc3C)nc2-c2cc(C)cc(C)c2)cc(C)c1.[Ir]. The first kappa shape index (κ1) is 36.8. The zero-order valence-corrected chi connectivity index (χ0v) is 30.8. The smallest absolute Gasteiger partial charge is 0.164 e. The van der Waals surface area contributed by atoms with Crippen molar-refractivity contribution in [3.8, 4) is 33.8 Å². The van der Waals surface area contributed by atoms with Crippen molar-refractivity contribution in [1.29, 1.82) is 0 Å². The van der Waals surface area contributed by atoms with Gasteiger partial charge in [0.15, 0.2) is 5.78 Å². The second-order valence-corrected chi connectivity index (χ2v) is 13.8. The van der Waals surface area contributed by atoms with E-state index in [4.69, 9.17) is 9.97 Å². The van der Waals surface area contributed by atoms with E-state index in [0.717, 1.165) is 39.3 Å². The number of aliphatic hydroxyl groups is 1. The Labute approximate surface area is 278 Å². The Morgan fingerprint density at radius 2 is 1.34 bits per heavy atom. The van der Waals surface area contributed by atoms with E-state index in [1.165, 1.54) is 33.9 Å². The van der Waals surface area contributed by atoms with Crippen LogP contribution in [-0.4, -0.2) is 20.9 Å². The number of hydrogen-bond donors (Lipinski definition) is 1. The second-order valence-electron chi connectivity index (χ2n) is 13.8. The minimum atomic E-state index is -0.417. The number of rotatable bonds is 4. The average Bonchev–Trinajstić information content (AvgIpc) is 2.88. The molecule has 0 saturated heterocycles. The topological polar surface area (TPSA) is 63.1 Å². The van der Waals surface area contributed by atoms with Crippen LogP contribution in [0.2, 0.25) is 0 Å². The Kier molecular flexibility index (Phi) is 12.2. The Morgan fingerprint density at radius 3 is 1.89 bits per heavy atom. The number of nitrogens with zero attached hydrogens (tertiary/aromatic N) is 2. The van der Waals surface area contributed by atoms with Crippen LogP contribution in [-0.2, 0) is 24.9 Å². The van der Waals surface area contributed by atoms with Crippen LogP contribution >= 0.6 is 0 Å². The monoisotopic (exact) mass is 768 g/mol. The molecule has 4 nitrogen and oxygen atoms in total. The molecule has 0 unspecified atom stereocenters. The van der Waals surface area contributed by atoms with Crippen LogP contribution < -0.4 is 0 Å². The van der Waals surface area contributed by atoms with Gasteiger partial charge in [-0.1, -0.05) is 102 Å². The molecule has 3 aromatic carbocycles. The van der Waals surface area contributed by atoms with Crippen LogP contribution in [0, 0.1) is 58.4 Å². The first-order chi connectivity index (χ1) is 19.8. The predicted molar refractivity (Wildman–Crippen MR) is 180 cm³/mol. The van der Waals surface area contributed by atoms with Gasteiger partial charge >= 0.3 is 0 Å². The summed E-state index contributed by atoms with van der Waals surface area (Å²) in [6.45, 7) is 23.8. The zero-order valence-electron chi connectivity index (χ0n) is 28.4. The van der Waals surface area contributed by atoms with Gasteiger partial charge in [-0.25, -0.2) is 0 Å². The average molecular weight is 768 g/mol. The summed E-state index contributed by atoms with van der Waals surface area (Å²) in [5.41, 5.74) is 12.3. The molecule has 0 spiro atoms. The number of aryl methyl sites for hydroxylation is 6. The zero-order chi connectivity index (χ0) is 32.3. The van der Waals surface area contributed by atoms with Crippen LogP contribution in [0.5, 0.6) is 0 Å². The number of aliphatic hydroxyl groups excluding tert-OH is 1. The van der Waals surface area contributed by atoms with E-state index < -0.39 is 5.41 Å². The van der Waals surface area contributed by atoms with Gasteiger partial charge in [-0.05, 0) is 44.9 Å². The Morgan fingerprint density at radius 1 is 0.750 bits per heavy atom. The van der Waals surface area contributed by atoms with Crippen LogP contribution in [0.1, 0.15) is 74.9 Å². The third-order valence-electron chi connectivity index (χ3n) is 7.12. The molecule has 0 aliphatic heterocycles. The largest absolute Gasteiger partial charge is 0.512 e. The molecule has 0 bridgehead atoms. The third-order valence-corrected chi connectivity index (χ3v) is 7.12. The van der Waals surface area contributed by atoms with E-state index >= 15 is 0 Å². The third kappa shape index (κ3) is 9.81. The molecule has 4 rings (SSSR count). The van der Waals surface area contributed by atoms with E-state index in [-0.39, 0.29) is 37.1 Å². The van der Waals surface area contributed by atoms with Crippen LogP contribution in [0.15, 0.2) is 66.6 Å². The number of benzene rings is 3. The molecule has 0 aliphatic rings. The van der Waals surface area contributed by atoms with Gasteiger partial charge in [0.2, 0.25) is 0 Å². The molecule has 0 amide bonds. The molecule has 1 radical (unpaired) electrons. The molecule has 235 valence electrons. The molecular formula is C39H47IrN2O2-. The van der Waals surface area contributed by atoms with Crippen molar-refractivity contribution in [2.45, 2.75) is 83.1 Å². The van der Waals surface area contributed by atoms with Gasteiger partial charge in [-0.2, -0.15) is 0 Å². The Bertz CT molecular complexity index is 1630. The van der Waals surface area contributed by atoms with Crippen molar-refractivity contribution in [1.82, 2.24) is 9.97 Å². The number of carbonyl (C=O) groups is 1. The fraction of sp³-hybridized carbons (Fsp3) is 0.359. The molecule has 1 N–H and O–H groups in total. The molecule has 0 fully saturated rings. The molecule has 0 saturated carbocycles. The van der Waals surface area contributed by atoms with Crippen LogP contribution in [0.3, 0.4) is 0 Å². The van der Waals surface area contributed by atoms with Crippen molar-refractivity contribution >= 4 is 5.78 Å². The summed E-state index contributed by atoms with van der Waals surface area (Å²) in [6, 6.07) is 20.8. The van der Waals surface area contributed by atoms with Crippen molar-refractivity contribution < 1.29 is 30.0 Å². The van der Waals surface area contributed by atoms with E-state index in [1.54, 1.807) is 0 Å². The summed E-state index contributed by atoms with van der Waals surface area (Å²) in [6.07, 6.45) is 3.23. The van der Waals surface area contributed by atoms with E-state index in [0.29, 0.717) is 0 Å². The van der Waals surface area contributed by atoms with Gasteiger partial charge in [0.05, 0.1) is 11.4 Å². The molecule has 1 aromatic heterocycles. The summed E-state index contributed by atoms with van der Waals surface area (Å²) >= 11 is 0. The number of carbonyl (C=O) groups excluding carboxylic acids is 1. The summed E-state index contributed by atoms with van der Waals surface area (Å²) in [7, 11) is 0. The molecule has 1 heterocycles. The molecule has 5 heteroatoms. The summed E-state index contributed by atoms with van der Waals surface area (Å²) in [5.74, 6) is 0.104. The van der Waals surface area contributed by atoms with E-state index in [1.807, 2.05) is 47.7 Å². The fourth-order valence-corrected chi connectivity index (χ4v) is 4.62. The molecular weight excluding hydrogens is 721 g/mol. The molecule has 0 aliphatic carbocycles. The minimum absolute atomic E-state index is 0. The summed E-state index contributed by atoms with van der Waals surface area (Å²) < 4.78 is 0. The maximum Gasteiger partial charge on any atom is 0.164 e. The first-order valence-electron chi connectivity index (χ1n) is 14.8. The van der Waals surface area contributed by atoms with Gasteiger partial charge in [0.1, 0.15) is 5.76 Å². The number of allylic oxidation sites excluding steroid dienone is 2. The summed E-state index contributed by atoms with van der Waals surface area (Å²) in [5, 5.41) is 9.56. The van der Waals surface area contributed by atoms with Crippen molar-refractivity contribution in [2.75, 3.05) is 0 Å². The maximum absolute atomic E-state index is 11.5. The van der Waals surface area contributed by atoms with Gasteiger partial charge in [-0.15, -0.1) is 34.9 Å². The van der Waals surface area contributed by atoms with E-state index in [2.05, 4.69) is 96.1 Å². The maximum atomic E-state index is 11.5. The first-order valence-corrected chi connectivity index (χ1v) is 14.8. The standard InChI is InChI=1S/C28H27N2.C11H20O2.Ir/c1-17-7-8-22(6)25(15-17)26-16-29-27(23-11-18(2)9-19(3)12-23)28(30-26)24-13-20(4)10-21(5)14-24;1-10(2,3)8(12)7-9(13)11(4,5)6;/h7-11,13-16H,1-6H3;7,12H,1-6H3;/q-1;;. The predicted octanol–water partition coefficient (Wildman–Crippen LogP) is 10.2. The van der Waals surface area contributed by atoms with Crippen LogP contribution in [0.25, 0.3) is 33.8 Å². The van der Waals surface area contributed by atoms with Gasteiger partial charge in [-0.3, -0.25) is 9.78 Å². The van der Waals surface area contributed by atoms with Gasteiger partial charge < -0.3 is 10.1 Å². The Balaban J connectivity index is 0.000000412. The summed E-state index contributed by atoms with van der Waals surface area (Å²) in [4.78, 5) is 21.6. The van der Waals surface area contributed by atoms with E-state index in [9.17, 15) is 9.90 Å². The van der Waals surface area contributed by atoms with Gasteiger partial charge in [0, 0.05) is 54.5 Å².